The number of amides is 1. The Morgan fingerprint density at radius 3 is 2.83 bits per heavy atom. The number of unbranched alkanes of at least 4 members (excludes halogenated alkanes) is 1. The van der Waals surface area contributed by atoms with Gasteiger partial charge in [0.05, 0.1) is 25.5 Å². The predicted molar refractivity (Wildman–Crippen MR) is 90.6 cm³/mol. The minimum atomic E-state index is -0.0691. The molecule has 0 radical (unpaired) electrons. The van der Waals surface area contributed by atoms with Gasteiger partial charge >= 0.3 is 0 Å². The van der Waals surface area contributed by atoms with Gasteiger partial charge in [0.1, 0.15) is 5.76 Å². The summed E-state index contributed by atoms with van der Waals surface area (Å²) in [6, 6.07) is 0. The zero-order valence-electron chi connectivity index (χ0n) is 15.1. The second-order valence-electron chi connectivity index (χ2n) is 7.41. The molecule has 3 rings (SSSR count). The van der Waals surface area contributed by atoms with Gasteiger partial charge in [-0.2, -0.15) is 0 Å². The van der Waals surface area contributed by atoms with E-state index >= 15 is 0 Å². The number of rotatable bonds is 5. The molecule has 1 aromatic rings. The molecular formula is C18H29N3O3. The van der Waals surface area contributed by atoms with Crippen LogP contribution in [0.15, 0.2) is 4.52 Å². The summed E-state index contributed by atoms with van der Waals surface area (Å²) in [4.78, 5) is 17.1. The van der Waals surface area contributed by atoms with Crippen LogP contribution in [0, 0.1) is 19.3 Å². The molecule has 2 aliphatic rings. The van der Waals surface area contributed by atoms with E-state index < -0.39 is 0 Å². The quantitative estimate of drug-likeness (QED) is 0.825. The highest BCUT2D eigenvalue weighted by Gasteiger charge is 2.45. The Bertz CT molecular complexity index is 567. The highest BCUT2D eigenvalue weighted by molar-refractivity contribution is 5.79. The van der Waals surface area contributed by atoms with Gasteiger partial charge in [0.15, 0.2) is 0 Å². The smallest absolute Gasteiger partial charge is 0.223 e. The molecule has 134 valence electrons. The third-order valence-electron chi connectivity index (χ3n) is 5.28. The van der Waals surface area contributed by atoms with E-state index in [0.717, 1.165) is 49.8 Å². The van der Waals surface area contributed by atoms with Crippen molar-refractivity contribution in [2.24, 2.45) is 5.41 Å². The number of carbonyl (C=O) groups excluding carboxylic acids is 1. The summed E-state index contributed by atoms with van der Waals surface area (Å²) < 4.78 is 11.1. The van der Waals surface area contributed by atoms with Crippen LogP contribution in [0.5, 0.6) is 0 Å². The van der Waals surface area contributed by atoms with Crippen molar-refractivity contribution >= 4 is 5.91 Å². The molecule has 0 unspecified atom stereocenters. The summed E-state index contributed by atoms with van der Waals surface area (Å²) in [5.41, 5.74) is 1.85. The minimum absolute atomic E-state index is 0.0691. The second-order valence-corrected chi connectivity index (χ2v) is 7.41. The maximum atomic E-state index is 12.6. The Hall–Kier alpha value is -1.40. The van der Waals surface area contributed by atoms with Crippen molar-refractivity contribution in [3.8, 4) is 0 Å². The lowest BCUT2D eigenvalue weighted by Gasteiger charge is -2.31. The lowest BCUT2D eigenvalue weighted by atomic mass is 9.87. The molecule has 0 saturated carbocycles. The molecular weight excluding hydrogens is 306 g/mol. The second kappa shape index (κ2) is 7.23. The van der Waals surface area contributed by atoms with Crippen LogP contribution in [0.4, 0.5) is 0 Å². The summed E-state index contributed by atoms with van der Waals surface area (Å²) in [5.74, 6) is 1.03. The maximum absolute atomic E-state index is 12.6. The number of hydrogen-bond acceptors (Lipinski definition) is 5. The number of nitrogens with zero attached hydrogens (tertiary/aromatic N) is 3. The third-order valence-corrected chi connectivity index (χ3v) is 5.28. The van der Waals surface area contributed by atoms with Gasteiger partial charge in [-0.25, -0.2) is 0 Å². The highest BCUT2D eigenvalue weighted by Crippen LogP contribution is 2.35. The molecule has 0 N–H and O–H groups in total. The largest absolute Gasteiger partial charge is 0.379 e. The number of ether oxygens (including phenoxy) is 1. The van der Waals surface area contributed by atoms with E-state index in [9.17, 15) is 4.79 Å². The Labute approximate surface area is 144 Å². The number of likely N-dealkylation sites (tertiary alicyclic amines) is 1. The fraction of sp³-hybridized carbons (Fsp3) is 0.778. The van der Waals surface area contributed by atoms with E-state index in [1.807, 2.05) is 18.7 Å². The van der Waals surface area contributed by atoms with Gasteiger partial charge in [-0.1, -0.05) is 18.5 Å². The number of carbonyl (C=O) groups is 1. The molecule has 0 bridgehead atoms. The third kappa shape index (κ3) is 3.64. The van der Waals surface area contributed by atoms with E-state index in [0.29, 0.717) is 19.6 Å². The Morgan fingerprint density at radius 2 is 2.12 bits per heavy atom. The van der Waals surface area contributed by atoms with Gasteiger partial charge in [-0.05, 0) is 26.8 Å². The molecule has 24 heavy (non-hydrogen) atoms. The average Bonchev–Trinajstić information content (AvgIpc) is 2.94. The normalized spacial score (nSPS) is 25.6. The van der Waals surface area contributed by atoms with Crippen LogP contribution < -0.4 is 0 Å². The standard InChI is InChI=1S/C18H29N3O3/c1-4-5-6-20-7-8-23-13-18(11-20)9-17(22)21(12-18)10-16-14(2)19-24-15(16)3/h4-13H2,1-3H3/t18-/m0/s1. The maximum Gasteiger partial charge on any atom is 0.223 e. The Morgan fingerprint density at radius 1 is 1.29 bits per heavy atom. The molecule has 0 aromatic carbocycles. The molecule has 6 nitrogen and oxygen atoms in total. The summed E-state index contributed by atoms with van der Waals surface area (Å²) in [6.07, 6.45) is 2.98. The van der Waals surface area contributed by atoms with Crippen molar-refractivity contribution < 1.29 is 14.1 Å². The average molecular weight is 335 g/mol. The van der Waals surface area contributed by atoms with Gasteiger partial charge in [0.25, 0.3) is 0 Å². The first kappa shape index (κ1) is 17.4. The molecule has 1 amide bonds. The fourth-order valence-electron chi connectivity index (χ4n) is 3.90. The van der Waals surface area contributed by atoms with Crippen LogP contribution in [0.3, 0.4) is 0 Å². The van der Waals surface area contributed by atoms with Gasteiger partial charge in [-0.15, -0.1) is 0 Å². The Kier molecular flexibility index (Phi) is 5.25. The molecule has 1 spiro atoms. The van der Waals surface area contributed by atoms with Crippen molar-refractivity contribution in [3.63, 3.8) is 0 Å². The molecule has 1 atom stereocenters. The molecule has 2 fully saturated rings. The van der Waals surface area contributed by atoms with Crippen molar-refractivity contribution in [2.45, 2.75) is 46.6 Å². The van der Waals surface area contributed by atoms with E-state index in [-0.39, 0.29) is 11.3 Å². The number of hydrogen-bond donors (Lipinski definition) is 0. The molecule has 0 aliphatic carbocycles. The van der Waals surface area contributed by atoms with Gasteiger partial charge < -0.3 is 19.1 Å². The molecule has 2 aliphatic heterocycles. The van der Waals surface area contributed by atoms with Crippen molar-refractivity contribution in [1.82, 2.24) is 15.0 Å². The minimum Gasteiger partial charge on any atom is -0.379 e. The summed E-state index contributed by atoms with van der Waals surface area (Å²) in [5, 5.41) is 4.00. The lowest BCUT2D eigenvalue weighted by molar-refractivity contribution is -0.128. The van der Waals surface area contributed by atoms with E-state index in [1.54, 1.807) is 0 Å². The topological polar surface area (TPSA) is 58.8 Å². The summed E-state index contributed by atoms with van der Waals surface area (Å²) in [7, 11) is 0. The van der Waals surface area contributed by atoms with Crippen LogP contribution in [0.2, 0.25) is 0 Å². The van der Waals surface area contributed by atoms with Gasteiger partial charge in [0.2, 0.25) is 5.91 Å². The molecule has 6 heteroatoms. The highest BCUT2D eigenvalue weighted by atomic mass is 16.5. The van der Waals surface area contributed by atoms with Crippen LogP contribution >= 0.6 is 0 Å². The zero-order chi connectivity index (χ0) is 17.2. The van der Waals surface area contributed by atoms with Crippen molar-refractivity contribution in [3.05, 3.63) is 17.0 Å². The van der Waals surface area contributed by atoms with Crippen molar-refractivity contribution in [2.75, 3.05) is 39.4 Å². The van der Waals surface area contributed by atoms with Crippen LogP contribution in [0.1, 0.15) is 43.2 Å². The van der Waals surface area contributed by atoms with Crippen molar-refractivity contribution in [1.29, 1.82) is 0 Å². The van der Waals surface area contributed by atoms with Crippen LogP contribution in [0.25, 0.3) is 0 Å². The van der Waals surface area contributed by atoms with E-state index in [2.05, 4.69) is 17.0 Å². The summed E-state index contributed by atoms with van der Waals surface area (Å²) >= 11 is 0. The number of aromatic nitrogens is 1. The SMILES string of the molecule is CCCCN1CCOC[C@@]2(CC(=O)N(Cc3c(C)noc3C)C2)C1. The molecule has 1 aromatic heterocycles. The van der Waals surface area contributed by atoms with Gasteiger partial charge in [-0.3, -0.25) is 4.79 Å². The fourth-order valence-corrected chi connectivity index (χ4v) is 3.90. The number of aryl methyl sites for hydroxylation is 2. The first-order chi connectivity index (χ1) is 11.5. The zero-order valence-corrected chi connectivity index (χ0v) is 15.1. The molecule has 2 saturated heterocycles. The lowest BCUT2D eigenvalue weighted by Crippen LogP contribution is -2.41. The van der Waals surface area contributed by atoms with Gasteiger partial charge in [0, 0.05) is 37.0 Å². The van der Waals surface area contributed by atoms with E-state index in [1.165, 1.54) is 12.8 Å². The predicted octanol–water partition coefficient (Wildman–Crippen LogP) is 2.14. The monoisotopic (exact) mass is 335 g/mol. The molecule has 3 heterocycles. The van der Waals surface area contributed by atoms with Crippen LogP contribution in [-0.2, 0) is 16.1 Å². The first-order valence-corrected chi connectivity index (χ1v) is 9.02. The first-order valence-electron chi connectivity index (χ1n) is 9.02. The van der Waals surface area contributed by atoms with Crippen LogP contribution in [-0.4, -0.2) is 60.3 Å². The summed E-state index contributed by atoms with van der Waals surface area (Å²) in [6.45, 7) is 11.9. The Balaban J connectivity index is 1.70. The van der Waals surface area contributed by atoms with E-state index in [4.69, 9.17) is 9.26 Å².